The summed E-state index contributed by atoms with van der Waals surface area (Å²) >= 11 is 1.62. The summed E-state index contributed by atoms with van der Waals surface area (Å²) in [6.07, 6.45) is 2.48. The van der Waals surface area contributed by atoms with Gasteiger partial charge in [-0.25, -0.2) is 4.98 Å². The summed E-state index contributed by atoms with van der Waals surface area (Å²) in [7, 11) is 1.80. The highest BCUT2D eigenvalue weighted by Crippen LogP contribution is 2.10. The van der Waals surface area contributed by atoms with Crippen LogP contribution in [0.5, 0.6) is 0 Å². The molecule has 0 saturated heterocycles. The number of hydrogen-bond donors (Lipinski definition) is 2. The Morgan fingerprint density at radius 3 is 2.94 bits per heavy atom. The number of nitrogens with zero attached hydrogens (tertiary/aromatic N) is 2. The van der Waals surface area contributed by atoms with E-state index in [2.05, 4.69) is 10.3 Å². The molecule has 0 aromatic carbocycles. The molecule has 0 radical (unpaired) electrons. The Kier molecular flexibility index (Phi) is 3.66. The molecule has 0 spiro atoms. The predicted molar refractivity (Wildman–Crippen MR) is 72.7 cm³/mol. The van der Waals surface area contributed by atoms with Gasteiger partial charge in [-0.15, -0.1) is 11.3 Å². The molecule has 0 unspecified atom stereocenters. The number of nitrogens with one attached hydrogen (secondary N) is 1. The highest BCUT2D eigenvalue weighted by Gasteiger charge is 2.10. The van der Waals surface area contributed by atoms with Gasteiger partial charge in [0.2, 0.25) is 0 Å². The van der Waals surface area contributed by atoms with Gasteiger partial charge < -0.3 is 15.6 Å². The van der Waals surface area contributed by atoms with E-state index in [1.807, 2.05) is 12.3 Å². The quantitative estimate of drug-likeness (QED) is 0.875. The highest BCUT2D eigenvalue weighted by molar-refractivity contribution is 7.09. The van der Waals surface area contributed by atoms with E-state index in [0.717, 1.165) is 17.1 Å². The van der Waals surface area contributed by atoms with Gasteiger partial charge in [-0.3, -0.25) is 4.79 Å². The minimum Gasteiger partial charge on any atom is -0.397 e. The molecule has 0 aliphatic rings. The lowest BCUT2D eigenvalue weighted by Crippen LogP contribution is -2.27. The third-order valence-electron chi connectivity index (χ3n) is 2.55. The van der Waals surface area contributed by atoms with Crippen molar-refractivity contribution in [3.63, 3.8) is 0 Å². The molecule has 0 bridgehead atoms. The van der Waals surface area contributed by atoms with Crippen molar-refractivity contribution in [2.75, 3.05) is 12.3 Å². The maximum Gasteiger partial charge on any atom is 0.267 e. The third kappa shape index (κ3) is 2.89. The van der Waals surface area contributed by atoms with E-state index in [0.29, 0.717) is 17.9 Å². The van der Waals surface area contributed by atoms with Gasteiger partial charge >= 0.3 is 0 Å². The second-order valence-electron chi connectivity index (χ2n) is 4.16. The molecule has 1 amide bonds. The van der Waals surface area contributed by atoms with Crippen LogP contribution in [-0.4, -0.2) is 22.0 Å². The molecule has 6 heteroatoms. The van der Waals surface area contributed by atoms with Crippen LogP contribution in [0.2, 0.25) is 0 Å². The smallest absolute Gasteiger partial charge is 0.267 e. The summed E-state index contributed by atoms with van der Waals surface area (Å²) in [6.45, 7) is 2.54. The minimum absolute atomic E-state index is 0.109. The van der Waals surface area contributed by atoms with Crippen molar-refractivity contribution in [1.82, 2.24) is 14.9 Å². The standard InChI is InChI=1S/C12H16N4OS/c1-8-7-18-11(15-8)3-4-14-12(17)10-5-9(13)6-16(10)2/h5-7H,3-4,13H2,1-2H3,(H,14,17). The maximum absolute atomic E-state index is 11.9. The van der Waals surface area contributed by atoms with Gasteiger partial charge in [0.25, 0.3) is 5.91 Å². The van der Waals surface area contributed by atoms with Crippen LogP contribution in [0, 0.1) is 6.92 Å². The topological polar surface area (TPSA) is 72.9 Å². The van der Waals surface area contributed by atoms with Gasteiger partial charge in [0.15, 0.2) is 0 Å². The summed E-state index contributed by atoms with van der Waals surface area (Å²) < 4.78 is 1.72. The van der Waals surface area contributed by atoms with E-state index in [9.17, 15) is 4.79 Å². The van der Waals surface area contributed by atoms with E-state index >= 15 is 0 Å². The van der Waals surface area contributed by atoms with E-state index in [4.69, 9.17) is 5.73 Å². The van der Waals surface area contributed by atoms with Crippen LogP contribution in [0.25, 0.3) is 0 Å². The maximum atomic E-state index is 11.9. The molecule has 18 heavy (non-hydrogen) atoms. The van der Waals surface area contributed by atoms with Crippen molar-refractivity contribution >= 4 is 22.9 Å². The Balaban J connectivity index is 1.87. The second-order valence-corrected chi connectivity index (χ2v) is 5.10. The van der Waals surface area contributed by atoms with Crippen molar-refractivity contribution in [2.24, 2.45) is 7.05 Å². The summed E-state index contributed by atoms with van der Waals surface area (Å²) in [4.78, 5) is 16.2. The van der Waals surface area contributed by atoms with Crippen LogP contribution < -0.4 is 11.1 Å². The fourth-order valence-electron chi connectivity index (χ4n) is 1.71. The highest BCUT2D eigenvalue weighted by atomic mass is 32.1. The first kappa shape index (κ1) is 12.6. The number of carbonyl (C=O) groups is 1. The number of nitrogens with two attached hydrogens (primary N) is 1. The van der Waals surface area contributed by atoms with E-state index < -0.39 is 0 Å². The first-order chi connectivity index (χ1) is 8.56. The van der Waals surface area contributed by atoms with Crippen molar-refractivity contribution < 1.29 is 4.79 Å². The SMILES string of the molecule is Cc1csc(CCNC(=O)c2cc(N)cn2C)n1. The van der Waals surface area contributed by atoms with Gasteiger partial charge in [0.1, 0.15) is 5.69 Å². The van der Waals surface area contributed by atoms with Crippen LogP contribution in [0.1, 0.15) is 21.2 Å². The molecule has 2 rings (SSSR count). The summed E-state index contributed by atoms with van der Waals surface area (Å²) in [6, 6.07) is 1.67. The lowest BCUT2D eigenvalue weighted by molar-refractivity contribution is 0.0946. The average molecular weight is 264 g/mol. The van der Waals surface area contributed by atoms with Gasteiger partial charge in [0.05, 0.1) is 10.7 Å². The Morgan fingerprint density at radius 1 is 1.61 bits per heavy atom. The number of nitrogen functional groups attached to an aromatic ring is 1. The number of amides is 1. The average Bonchev–Trinajstić information content (AvgIpc) is 2.85. The lowest BCUT2D eigenvalue weighted by Gasteiger charge is -2.04. The molecule has 5 nitrogen and oxygen atoms in total. The van der Waals surface area contributed by atoms with Crippen LogP contribution in [-0.2, 0) is 13.5 Å². The summed E-state index contributed by atoms with van der Waals surface area (Å²) in [5, 5.41) is 5.91. The molecular formula is C12H16N4OS. The van der Waals surface area contributed by atoms with E-state index in [1.54, 1.807) is 35.2 Å². The number of aryl methyl sites for hydroxylation is 2. The minimum atomic E-state index is -0.109. The van der Waals surface area contributed by atoms with Crippen LogP contribution >= 0.6 is 11.3 Å². The predicted octanol–water partition coefficient (Wildman–Crippen LogP) is 1.34. The van der Waals surface area contributed by atoms with Crippen molar-refractivity contribution in [3.05, 3.63) is 34.0 Å². The summed E-state index contributed by atoms with van der Waals surface area (Å²) in [5.41, 5.74) is 7.82. The molecular weight excluding hydrogens is 248 g/mol. The van der Waals surface area contributed by atoms with E-state index in [-0.39, 0.29) is 5.91 Å². The largest absolute Gasteiger partial charge is 0.397 e. The zero-order chi connectivity index (χ0) is 13.1. The lowest BCUT2D eigenvalue weighted by atomic mass is 10.3. The Hall–Kier alpha value is -1.82. The first-order valence-electron chi connectivity index (χ1n) is 5.67. The van der Waals surface area contributed by atoms with Crippen molar-refractivity contribution in [1.29, 1.82) is 0 Å². The fraction of sp³-hybridized carbons (Fsp3) is 0.333. The van der Waals surface area contributed by atoms with E-state index in [1.165, 1.54) is 0 Å². The normalized spacial score (nSPS) is 10.6. The molecule has 0 aliphatic carbocycles. The van der Waals surface area contributed by atoms with Crippen LogP contribution in [0.4, 0.5) is 5.69 Å². The number of carbonyl (C=O) groups excluding carboxylic acids is 1. The second kappa shape index (κ2) is 5.22. The van der Waals surface area contributed by atoms with Gasteiger partial charge in [0, 0.05) is 37.3 Å². The molecule has 2 heterocycles. The Morgan fingerprint density at radius 2 is 2.39 bits per heavy atom. The molecule has 0 aliphatic heterocycles. The van der Waals surface area contributed by atoms with Gasteiger partial charge in [-0.05, 0) is 13.0 Å². The van der Waals surface area contributed by atoms with Crippen molar-refractivity contribution in [3.8, 4) is 0 Å². The number of aromatic nitrogens is 2. The Labute approximate surface area is 110 Å². The zero-order valence-electron chi connectivity index (χ0n) is 10.4. The number of rotatable bonds is 4. The molecule has 2 aromatic heterocycles. The summed E-state index contributed by atoms with van der Waals surface area (Å²) in [5.74, 6) is -0.109. The molecule has 2 aromatic rings. The molecule has 0 saturated carbocycles. The zero-order valence-corrected chi connectivity index (χ0v) is 11.3. The molecule has 3 N–H and O–H groups in total. The van der Waals surface area contributed by atoms with Crippen LogP contribution in [0.15, 0.2) is 17.6 Å². The fourth-order valence-corrected chi connectivity index (χ4v) is 2.48. The molecule has 0 fully saturated rings. The number of hydrogen-bond acceptors (Lipinski definition) is 4. The first-order valence-corrected chi connectivity index (χ1v) is 6.55. The number of thiazole rings is 1. The van der Waals surface area contributed by atoms with Gasteiger partial charge in [-0.1, -0.05) is 0 Å². The molecule has 0 atom stereocenters. The third-order valence-corrected chi connectivity index (χ3v) is 3.58. The Bertz CT molecular complexity index is 558. The number of anilines is 1. The monoisotopic (exact) mass is 264 g/mol. The van der Waals surface area contributed by atoms with Crippen LogP contribution in [0.3, 0.4) is 0 Å². The van der Waals surface area contributed by atoms with Crippen molar-refractivity contribution in [2.45, 2.75) is 13.3 Å². The van der Waals surface area contributed by atoms with Gasteiger partial charge in [-0.2, -0.15) is 0 Å². The molecule has 96 valence electrons.